The molecule has 206 valence electrons. The van der Waals surface area contributed by atoms with Crippen molar-refractivity contribution in [1.82, 2.24) is 4.90 Å². The Bertz CT molecular complexity index is 1330. The Morgan fingerprint density at radius 1 is 1.05 bits per heavy atom. The molecule has 39 heavy (non-hydrogen) atoms. The van der Waals surface area contributed by atoms with E-state index in [0.29, 0.717) is 35.3 Å². The predicted molar refractivity (Wildman–Crippen MR) is 153 cm³/mol. The zero-order chi connectivity index (χ0) is 27.4. The summed E-state index contributed by atoms with van der Waals surface area (Å²) in [6, 6.07) is 15.9. The quantitative estimate of drug-likeness (QED) is 0.220. The Morgan fingerprint density at radius 2 is 1.87 bits per heavy atom. The molecule has 0 bridgehead atoms. The monoisotopic (exact) mass is 549 g/mol. The third-order valence-electron chi connectivity index (χ3n) is 7.67. The van der Waals surface area contributed by atoms with Crippen LogP contribution in [-0.4, -0.2) is 55.2 Å². The highest BCUT2D eigenvalue weighted by molar-refractivity contribution is 6.32. The molecule has 5 rings (SSSR count). The molecule has 1 N–H and O–H groups in total. The minimum absolute atomic E-state index is 0.141. The third kappa shape index (κ3) is 6.08. The SMILES string of the molecule is CCOc1cc(O[C@H]2CCc3c(-c4cccc(OCCCN5CCC(O)C5)c4C)cccc32)c(Cl)cc1C=O. The fourth-order valence-corrected chi connectivity index (χ4v) is 5.92. The standard InChI is InChI=1S/C32H36ClNO5/c1-3-37-31-18-32(28(33)17-22(31)20-35)39-30-12-11-26-25(8-4-9-27(26)30)24-7-5-10-29(21(24)2)38-16-6-14-34-15-13-23(36)19-34/h4-5,7-10,17-18,20,23,30,36H,3,6,11-16,19H2,1-2H3/t23?,30-/m0/s1. The first kappa shape index (κ1) is 27.5. The van der Waals surface area contributed by atoms with E-state index in [1.807, 2.05) is 13.0 Å². The van der Waals surface area contributed by atoms with Crippen LogP contribution in [-0.2, 0) is 6.42 Å². The van der Waals surface area contributed by atoms with Crippen molar-refractivity contribution in [2.75, 3.05) is 32.8 Å². The van der Waals surface area contributed by atoms with E-state index in [4.69, 9.17) is 25.8 Å². The van der Waals surface area contributed by atoms with Crippen LogP contribution in [0, 0.1) is 6.92 Å². The van der Waals surface area contributed by atoms with Gasteiger partial charge in [0.05, 0.1) is 29.9 Å². The van der Waals surface area contributed by atoms with Gasteiger partial charge in [-0.05, 0) is 79.5 Å². The molecule has 3 aromatic carbocycles. The Morgan fingerprint density at radius 3 is 2.64 bits per heavy atom. The number of ether oxygens (including phenoxy) is 3. The smallest absolute Gasteiger partial charge is 0.153 e. The molecule has 2 aliphatic rings. The Kier molecular flexibility index (Phi) is 8.75. The van der Waals surface area contributed by atoms with Crippen LogP contribution in [0.3, 0.4) is 0 Å². The van der Waals surface area contributed by atoms with E-state index in [0.717, 1.165) is 68.5 Å². The van der Waals surface area contributed by atoms with Crippen molar-refractivity contribution in [3.8, 4) is 28.4 Å². The van der Waals surface area contributed by atoms with Gasteiger partial charge in [-0.25, -0.2) is 0 Å². The molecule has 7 heteroatoms. The highest BCUT2D eigenvalue weighted by atomic mass is 35.5. The number of halogens is 1. The van der Waals surface area contributed by atoms with E-state index in [9.17, 15) is 9.90 Å². The van der Waals surface area contributed by atoms with Gasteiger partial charge < -0.3 is 24.2 Å². The highest BCUT2D eigenvalue weighted by Gasteiger charge is 2.28. The number of benzene rings is 3. The predicted octanol–water partition coefficient (Wildman–Crippen LogP) is 6.43. The number of aliphatic hydroxyl groups excluding tert-OH is 1. The molecule has 1 saturated heterocycles. The second-order valence-corrected chi connectivity index (χ2v) is 10.7. The number of carbonyl (C=O) groups is 1. The molecule has 0 radical (unpaired) electrons. The molecule has 2 atom stereocenters. The number of hydrogen-bond donors (Lipinski definition) is 1. The summed E-state index contributed by atoms with van der Waals surface area (Å²) in [6.45, 7) is 7.76. The lowest BCUT2D eigenvalue weighted by Crippen LogP contribution is -2.24. The zero-order valence-electron chi connectivity index (χ0n) is 22.6. The van der Waals surface area contributed by atoms with Crippen molar-refractivity contribution in [1.29, 1.82) is 0 Å². The fraction of sp³-hybridized carbons (Fsp3) is 0.406. The van der Waals surface area contributed by atoms with Gasteiger partial charge in [0.25, 0.3) is 0 Å². The summed E-state index contributed by atoms with van der Waals surface area (Å²) in [5.41, 5.74) is 6.33. The molecular formula is C32H36ClNO5. The maximum absolute atomic E-state index is 11.4. The number of aliphatic hydroxyl groups is 1. The topological polar surface area (TPSA) is 68.2 Å². The number of fused-ring (bicyclic) bond motifs is 1. The van der Waals surface area contributed by atoms with E-state index >= 15 is 0 Å². The fourth-order valence-electron chi connectivity index (χ4n) is 5.71. The molecule has 1 unspecified atom stereocenters. The first-order valence-electron chi connectivity index (χ1n) is 13.8. The summed E-state index contributed by atoms with van der Waals surface area (Å²) in [5.74, 6) is 1.90. The second-order valence-electron chi connectivity index (χ2n) is 10.3. The molecule has 6 nitrogen and oxygen atoms in total. The van der Waals surface area contributed by atoms with Crippen molar-refractivity contribution in [3.05, 3.63) is 75.8 Å². The Hall–Kier alpha value is -3.06. The zero-order valence-corrected chi connectivity index (χ0v) is 23.4. The molecule has 3 aromatic rings. The van der Waals surface area contributed by atoms with E-state index in [2.05, 4.69) is 42.2 Å². The van der Waals surface area contributed by atoms with Crippen molar-refractivity contribution in [2.24, 2.45) is 0 Å². The van der Waals surface area contributed by atoms with Crippen LogP contribution < -0.4 is 14.2 Å². The first-order chi connectivity index (χ1) is 19.0. The maximum atomic E-state index is 11.4. The average molecular weight is 550 g/mol. The number of rotatable bonds is 11. The van der Waals surface area contributed by atoms with E-state index in [-0.39, 0.29) is 12.2 Å². The van der Waals surface area contributed by atoms with E-state index in [1.165, 1.54) is 16.7 Å². The lowest BCUT2D eigenvalue weighted by molar-refractivity contribution is 0.111. The van der Waals surface area contributed by atoms with Gasteiger partial charge in [0.1, 0.15) is 23.4 Å². The van der Waals surface area contributed by atoms with Crippen LogP contribution in [0.25, 0.3) is 11.1 Å². The largest absolute Gasteiger partial charge is 0.493 e. The van der Waals surface area contributed by atoms with Gasteiger partial charge >= 0.3 is 0 Å². The lowest BCUT2D eigenvalue weighted by Gasteiger charge is -2.19. The minimum Gasteiger partial charge on any atom is -0.493 e. The van der Waals surface area contributed by atoms with Crippen molar-refractivity contribution in [2.45, 2.75) is 51.7 Å². The normalized spacial score (nSPS) is 18.7. The van der Waals surface area contributed by atoms with Crippen LogP contribution in [0.4, 0.5) is 0 Å². The molecule has 1 aliphatic heterocycles. The lowest BCUT2D eigenvalue weighted by atomic mass is 9.93. The Labute approximate surface area is 235 Å². The van der Waals surface area contributed by atoms with Crippen molar-refractivity contribution in [3.63, 3.8) is 0 Å². The molecule has 1 aliphatic carbocycles. The molecule has 0 saturated carbocycles. The van der Waals surface area contributed by atoms with Crippen LogP contribution in [0.1, 0.15) is 59.3 Å². The maximum Gasteiger partial charge on any atom is 0.153 e. The highest BCUT2D eigenvalue weighted by Crippen LogP contribution is 2.43. The van der Waals surface area contributed by atoms with Gasteiger partial charge in [-0.15, -0.1) is 0 Å². The number of nitrogens with zero attached hydrogens (tertiary/aromatic N) is 1. The number of likely N-dealkylation sites (tertiary alicyclic amines) is 1. The summed E-state index contributed by atoms with van der Waals surface area (Å²) in [4.78, 5) is 13.7. The minimum atomic E-state index is -0.185. The van der Waals surface area contributed by atoms with Crippen LogP contribution in [0.2, 0.25) is 5.02 Å². The number of hydrogen-bond acceptors (Lipinski definition) is 6. The first-order valence-corrected chi connectivity index (χ1v) is 14.2. The Balaban J connectivity index is 1.32. The molecular weight excluding hydrogens is 514 g/mol. The van der Waals surface area contributed by atoms with E-state index in [1.54, 1.807) is 12.1 Å². The van der Waals surface area contributed by atoms with Crippen LogP contribution >= 0.6 is 11.6 Å². The number of carbonyl (C=O) groups excluding carboxylic acids is 1. The van der Waals surface area contributed by atoms with Gasteiger partial charge in [-0.1, -0.05) is 41.9 Å². The molecule has 0 spiro atoms. The average Bonchev–Trinajstić information content (AvgIpc) is 3.55. The van der Waals surface area contributed by atoms with Gasteiger partial charge in [0, 0.05) is 25.7 Å². The molecule has 1 fully saturated rings. The number of β-amino-alcohol motifs (C(OH)–C–C–N with tert-alkyl or cyclic N) is 1. The molecule has 0 amide bonds. The van der Waals surface area contributed by atoms with Crippen LogP contribution in [0.15, 0.2) is 48.5 Å². The second kappa shape index (κ2) is 12.4. The van der Waals surface area contributed by atoms with Gasteiger partial charge in [-0.2, -0.15) is 0 Å². The third-order valence-corrected chi connectivity index (χ3v) is 7.97. The summed E-state index contributed by atoms with van der Waals surface area (Å²) >= 11 is 6.48. The summed E-state index contributed by atoms with van der Waals surface area (Å²) in [6.07, 6.45) is 3.94. The van der Waals surface area contributed by atoms with Crippen molar-refractivity contribution >= 4 is 17.9 Å². The molecule has 0 aromatic heterocycles. The van der Waals surface area contributed by atoms with Crippen LogP contribution in [0.5, 0.6) is 17.2 Å². The number of aldehydes is 1. The van der Waals surface area contributed by atoms with Gasteiger partial charge in [-0.3, -0.25) is 4.79 Å². The summed E-state index contributed by atoms with van der Waals surface area (Å²) < 4.78 is 18.2. The summed E-state index contributed by atoms with van der Waals surface area (Å²) in [7, 11) is 0. The van der Waals surface area contributed by atoms with Gasteiger partial charge in [0.15, 0.2) is 6.29 Å². The van der Waals surface area contributed by atoms with Gasteiger partial charge in [0.2, 0.25) is 0 Å². The summed E-state index contributed by atoms with van der Waals surface area (Å²) in [5, 5.41) is 10.1. The van der Waals surface area contributed by atoms with E-state index < -0.39 is 0 Å². The molecule has 1 heterocycles. The van der Waals surface area contributed by atoms with Crippen molar-refractivity contribution < 1.29 is 24.1 Å².